The summed E-state index contributed by atoms with van der Waals surface area (Å²) in [6.45, 7) is 4.04. The molecule has 14 heavy (non-hydrogen) atoms. The van der Waals surface area contributed by atoms with Gasteiger partial charge in [-0.1, -0.05) is 13.8 Å². The Labute approximate surface area is 102 Å². The molecule has 0 fully saturated rings. The molecule has 0 radical (unpaired) electrons. The third-order valence-corrected chi connectivity index (χ3v) is 2.68. The summed E-state index contributed by atoms with van der Waals surface area (Å²) in [5, 5.41) is 1.05. The van der Waals surface area contributed by atoms with E-state index in [4.69, 9.17) is 0 Å². The number of benzene rings is 1. The summed E-state index contributed by atoms with van der Waals surface area (Å²) in [6, 6.07) is 9.32. The number of hydrogen-bond acceptors (Lipinski definition) is 2. The molecular weight excluding hydrogens is 362 g/mol. The molecule has 0 aliphatic heterocycles. The van der Waals surface area contributed by atoms with Crippen molar-refractivity contribution in [3.8, 4) is 10.4 Å². The molecule has 70 valence electrons. The van der Waals surface area contributed by atoms with E-state index in [1.807, 2.05) is 13.0 Å². The molecule has 1 aromatic heterocycles. The standard InChI is InChI=1S/C11H9NS.W/c1-8-3-5-10(6-4-8)11-7-12-9(2)13-11;/h3-5H,1-2H3;/q-2;+2. The molecule has 0 aliphatic carbocycles. The van der Waals surface area contributed by atoms with Crippen molar-refractivity contribution in [2.75, 3.05) is 0 Å². The fraction of sp³-hybridized carbons (Fsp3) is 0.182. The normalized spacial score (nSPS) is 9.57. The van der Waals surface area contributed by atoms with E-state index in [2.05, 4.69) is 36.3 Å². The molecule has 0 N–H and O–H groups in total. The quantitative estimate of drug-likeness (QED) is 0.703. The van der Waals surface area contributed by atoms with Crippen molar-refractivity contribution in [2.24, 2.45) is 0 Å². The van der Waals surface area contributed by atoms with Gasteiger partial charge in [-0.2, -0.15) is 23.1 Å². The molecule has 3 heteroatoms. The number of aromatic nitrogens is 1. The zero-order valence-corrected chi connectivity index (χ0v) is 11.7. The van der Waals surface area contributed by atoms with Crippen molar-refractivity contribution in [3.05, 3.63) is 41.0 Å². The Balaban J connectivity index is 0.000000980. The SMILES string of the molecule is Cc1c[c-]c(-c2[c-]nc(C)s2)cc1.[W+2]. The van der Waals surface area contributed by atoms with E-state index in [1.54, 1.807) is 11.3 Å². The molecule has 0 aliphatic rings. The van der Waals surface area contributed by atoms with Crippen LogP contribution in [-0.2, 0) is 21.1 Å². The van der Waals surface area contributed by atoms with E-state index in [9.17, 15) is 0 Å². The Morgan fingerprint density at radius 2 is 2.07 bits per heavy atom. The number of aryl methyl sites for hydroxylation is 2. The minimum Gasteiger partial charge on any atom is -0.390 e. The van der Waals surface area contributed by atoms with Crippen LogP contribution in [0, 0.1) is 26.1 Å². The van der Waals surface area contributed by atoms with Gasteiger partial charge in [0.15, 0.2) is 0 Å². The van der Waals surface area contributed by atoms with Crippen LogP contribution in [0.5, 0.6) is 0 Å². The monoisotopic (exact) mass is 371 g/mol. The van der Waals surface area contributed by atoms with Crippen LogP contribution in [0.2, 0.25) is 0 Å². The van der Waals surface area contributed by atoms with Crippen molar-refractivity contribution >= 4 is 11.3 Å². The number of hydrogen-bond donors (Lipinski definition) is 0. The maximum absolute atomic E-state index is 4.09. The van der Waals surface area contributed by atoms with E-state index in [1.165, 1.54) is 5.56 Å². The first-order valence-corrected chi connectivity index (χ1v) is 4.91. The summed E-state index contributed by atoms with van der Waals surface area (Å²) in [6.07, 6.45) is 2.98. The molecule has 0 atom stereocenters. The van der Waals surface area contributed by atoms with Crippen molar-refractivity contribution in [3.63, 3.8) is 0 Å². The zero-order valence-electron chi connectivity index (χ0n) is 8.00. The molecule has 1 heterocycles. The van der Waals surface area contributed by atoms with Gasteiger partial charge >= 0.3 is 21.1 Å². The van der Waals surface area contributed by atoms with Crippen LogP contribution in [0.4, 0.5) is 0 Å². The Morgan fingerprint density at radius 3 is 2.57 bits per heavy atom. The first-order valence-electron chi connectivity index (χ1n) is 4.09. The van der Waals surface area contributed by atoms with E-state index < -0.39 is 0 Å². The zero-order chi connectivity index (χ0) is 9.26. The second-order valence-electron chi connectivity index (χ2n) is 2.95. The summed E-state index contributed by atoms with van der Waals surface area (Å²) in [4.78, 5) is 5.16. The summed E-state index contributed by atoms with van der Waals surface area (Å²) in [7, 11) is 0. The predicted molar refractivity (Wildman–Crippen MR) is 54.7 cm³/mol. The molecule has 0 unspecified atom stereocenters. The van der Waals surface area contributed by atoms with E-state index in [0.29, 0.717) is 0 Å². The molecule has 2 rings (SSSR count). The molecule has 0 amide bonds. The van der Waals surface area contributed by atoms with Gasteiger partial charge < -0.3 is 4.98 Å². The number of rotatable bonds is 1. The fourth-order valence-corrected chi connectivity index (χ4v) is 1.80. The average Bonchev–Trinajstić information content (AvgIpc) is 2.53. The summed E-state index contributed by atoms with van der Waals surface area (Å²) >= 11 is 1.65. The van der Waals surface area contributed by atoms with Gasteiger partial charge in [0, 0.05) is 0 Å². The minimum absolute atomic E-state index is 0. The largest absolute Gasteiger partial charge is 2.00 e. The Kier molecular flexibility index (Phi) is 4.03. The van der Waals surface area contributed by atoms with Crippen LogP contribution in [0.25, 0.3) is 10.4 Å². The Morgan fingerprint density at radius 1 is 1.29 bits per heavy atom. The van der Waals surface area contributed by atoms with Crippen LogP contribution in [0.1, 0.15) is 10.6 Å². The molecule has 0 bridgehead atoms. The first kappa shape index (κ1) is 11.6. The molecule has 0 saturated heterocycles. The Hall–Kier alpha value is -0.462. The van der Waals surface area contributed by atoms with Crippen LogP contribution in [0.15, 0.2) is 18.2 Å². The third-order valence-electron chi connectivity index (χ3n) is 1.78. The molecule has 1 nitrogen and oxygen atoms in total. The maximum Gasteiger partial charge on any atom is 2.00 e. The van der Waals surface area contributed by atoms with E-state index >= 15 is 0 Å². The second kappa shape index (κ2) is 4.86. The van der Waals surface area contributed by atoms with Crippen molar-refractivity contribution in [2.45, 2.75) is 13.8 Å². The van der Waals surface area contributed by atoms with Gasteiger partial charge in [0.1, 0.15) is 0 Å². The minimum atomic E-state index is 0. The second-order valence-corrected chi connectivity index (χ2v) is 4.16. The number of nitrogens with zero attached hydrogens (tertiary/aromatic N) is 1. The van der Waals surface area contributed by atoms with Crippen molar-refractivity contribution < 1.29 is 21.1 Å². The molecule has 2 aromatic rings. The number of thiazole rings is 1. The smallest absolute Gasteiger partial charge is 0.390 e. The summed E-state index contributed by atoms with van der Waals surface area (Å²) in [5.41, 5.74) is 2.31. The fourth-order valence-electron chi connectivity index (χ4n) is 1.08. The molecule has 1 aromatic carbocycles. The molecular formula is C11H9NSW. The van der Waals surface area contributed by atoms with Gasteiger partial charge in [0.25, 0.3) is 0 Å². The maximum atomic E-state index is 4.09. The Bertz CT molecular complexity index is 405. The summed E-state index contributed by atoms with van der Waals surface area (Å²) in [5.74, 6) is 0. The molecule has 0 saturated carbocycles. The molecule has 0 spiro atoms. The van der Waals surface area contributed by atoms with Gasteiger partial charge in [-0.25, -0.2) is 11.6 Å². The average molecular weight is 371 g/mol. The first-order chi connectivity index (χ1) is 6.25. The van der Waals surface area contributed by atoms with Gasteiger partial charge in [-0.15, -0.1) is 11.8 Å². The van der Waals surface area contributed by atoms with Crippen LogP contribution < -0.4 is 0 Å². The van der Waals surface area contributed by atoms with E-state index in [-0.39, 0.29) is 21.1 Å². The van der Waals surface area contributed by atoms with Crippen LogP contribution in [0.3, 0.4) is 0 Å². The van der Waals surface area contributed by atoms with Crippen molar-refractivity contribution in [1.82, 2.24) is 4.98 Å². The van der Waals surface area contributed by atoms with Gasteiger partial charge in [-0.05, 0) is 5.01 Å². The van der Waals surface area contributed by atoms with Crippen LogP contribution >= 0.6 is 11.3 Å². The summed E-state index contributed by atoms with van der Waals surface area (Å²) < 4.78 is 0. The van der Waals surface area contributed by atoms with Crippen LogP contribution in [-0.4, -0.2) is 4.98 Å². The van der Waals surface area contributed by atoms with Gasteiger partial charge in [0.05, 0.1) is 0 Å². The van der Waals surface area contributed by atoms with Crippen molar-refractivity contribution in [1.29, 1.82) is 0 Å². The van der Waals surface area contributed by atoms with Gasteiger partial charge in [0.2, 0.25) is 0 Å². The predicted octanol–water partition coefficient (Wildman–Crippen LogP) is 3.02. The van der Waals surface area contributed by atoms with Gasteiger partial charge in [-0.3, -0.25) is 11.3 Å². The topological polar surface area (TPSA) is 12.9 Å². The van der Waals surface area contributed by atoms with E-state index in [0.717, 1.165) is 15.4 Å². The third kappa shape index (κ3) is 2.52.